The van der Waals surface area contributed by atoms with Gasteiger partial charge in [-0.15, -0.1) is 0 Å². The zero-order valence-electron chi connectivity index (χ0n) is 16.9. The Kier molecular flexibility index (Phi) is 4.64. The molecule has 0 atom stereocenters. The number of amides is 6. The Hall–Kier alpha value is -5.33. The number of nitrogens with zero attached hydrogens (tertiary/aromatic N) is 5. The van der Waals surface area contributed by atoms with Gasteiger partial charge in [0.15, 0.2) is 0 Å². The monoisotopic (exact) mass is 457 g/mol. The lowest BCUT2D eigenvalue weighted by atomic mass is 10.2. The van der Waals surface area contributed by atoms with Crippen molar-refractivity contribution < 1.29 is 28.8 Å². The SMILES string of the molecule is O=C(NN1C(=O)c2cccnc2C1=O)c1cccc(C(=O)NN2C(=O)c3cccnc3C2=O)n1. The van der Waals surface area contributed by atoms with Crippen molar-refractivity contribution in [3.8, 4) is 0 Å². The molecule has 166 valence electrons. The van der Waals surface area contributed by atoms with Crippen LogP contribution in [0.4, 0.5) is 0 Å². The van der Waals surface area contributed by atoms with Gasteiger partial charge in [0, 0.05) is 12.4 Å². The van der Waals surface area contributed by atoms with Crippen LogP contribution in [0.25, 0.3) is 0 Å². The second kappa shape index (κ2) is 7.67. The molecule has 34 heavy (non-hydrogen) atoms. The Labute approximate surface area is 189 Å². The number of hydrogen-bond acceptors (Lipinski definition) is 9. The van der Waals surface area contributed by atoms with Gasteiger partial charge in [0.25, 0.3) is 35.4 Å². The summed E-state index contributed by atoms with van der Waals surface area (Å²) in [6.07, 6.45) is 2.67. The highest BCUT2D eigenvalue weighted by Crippen LogP contribution is 2.20. The van der Waals surface area contributed by atoms with Crippen molar-refractivity contribution in [3.05, 3.63) is 88.8 Å². The zero-order chi connectivity index (χ0) is 24.0. The number of aromatic nitrogens is 3. The molecule has 0 saturated carbocycles. The molecule has 0 fully saturated rings. The van der Waals surface area contributed by atoms with Gasteiger partial charge in [-0.2, -0.15) is 10.0 Å². The van der Waals surface area contributed by atoms with E-state index in [-0.39, 0.29) is 33.9 Å². The first-order chi connectivity index (χ1) is 16.4. The van der Waals surface area contributed by atoms with Crippen LogP contribution >= 0.6 is 0 Å². The molecule has 3 aromatic heterocycles. The maximum absolute atomic E-state index is 12.6. The number of rotatable bonds is 4. The lowest BCUT2D eigenvalue weighted by molar-refractivity contribution is 0.0514. The third-order valence-electron chi connectivity index (χ3n) is 4.93. The molecule has 3 aromatic rings. The molecule has 0 spiro atoms. The van der Waals surface area contributed by atoms with E-state index >= 15 is 0 Å². The highest BCUT2D eigenvalue weighted by atomic mass is 16.2. The van der Waals surface area contributed by atoms with Gasteiger partial charge in [-0.1, -0.05) is 6.07 Å². The van der Waals surface area contributed by atoms with Crippen LogP contribution in [0.3, 0.4) is 0 Å². The second-order valence-electron chi connectivity index (χ2n) is 6.98. The summed E-state index contributed by atoms with van der Waals surface area (Å²) in [6, 6.07) is 9.56. The molecule has 2 aliphatic heterocycles. The molecule has 2 aliphatic rings. The Balaban J connectivity index is 1.31. The van der Waals surface area contributed by atoms with Crippen LogP contribution in [0.5, 0.6) is 0 Å². The zero-order valence-corrected chi connectivity index (χ0v) is 16.9. The molecule has 0 aliphatic carbocycles. The number of imide groups is 2. The molecule has 0 radical (unpaired) electrons. The summed E-state index contributed by atoms with van der Waals surface area (Å²) in [6.45, 7) is 0. The smallest absolute Gasteiger partial charge is 0.267 e. The average molecular weight is 457 g/mol. The first kappa shape index (κ1) is 20.6. The van der Waals surface area contributed by atoms with Crippen molar-refractivity contribution in [2.45, 2.75) is 0 Å². The van der Waals surface area contributed by atoms with E-state index < -0.39 is 35.4 Å². The highest BCUT2D eigenvalue weighted by Gasteiger charge is 2.39. The fraction of sp³-hybridized carbons (Fsp3) is 0. The van der Waals surface area contributed by atoms with Crippen LogP contribution in [0.1, 0.15) is 62.7 Å². The highest BCUT2D eigenvalue weighted by molar-refractivity contribution is 6.22. The molecule has 0 bridgehead atoms. The van der Waals surface area contributed by atoms with Crippen molar-refractivity contribution >= 4 is 35.4 Å². The largest absolute Gasteiger partial charge is 0.299 e. The minimum atomic E-state index is -0.950. The van der Waals surface area contributed by atoms with Crippen LogP contribution in [-0.4, -0.2) is 60.4 Å². The Morgan fingerprint density at radius 3 is 1.47 bits per heavy atom. The normalized spacial score (nSPS) is 14.2. The summed E-state index contributed by atoms with van der Waals surface area (Å²) in [7, 11) is 0. The van der Waals surface area contributed by atoms with E-state index in [1.54, 1.807) is 0 Å². The number of nitrogens with one attached hydrogen (secondary N) is 2. The van der Waals surface area contributed by atoms with Gasteiger partial charge in [0.2, 0.25) is 0 Å². The molecular formula is C21H11N7O6. The Bertz CT molecular complexity index is 1280. The van der Waals surface area contributed by atoms with Gasteiger partial charge in [-0.05, 0) is 36.4 Å². The maximum atomic E-state index is 12.6. The van der Waals surface area contributed by atoms with Gasteiger partial charge in [-0.3, -0.25) is 49.6 Å². The van der Waals surface area contributed by atoms with Gasteiger partial charge >= 0.3 is 0 Å². The lowest BCUT2D eigenvalue weighted by Crippen LogP contribution is -2.47. The van der Waals surface area contributed by atoms with Crippen molar-refractivity contribution in [1.82, 2.24) is 35.8 Å². The standard InChI is InChI=1S/C21H11N7O6/c29-16(25-27-18(31)10-4-2-8-22-14(10)20(27)33)12-6-1-7-13(24-12)17(30)26-28-19(32)11-5-3-9-23-15(11)21(28)34/h1-9H,(H,25,29)(H,26,30). The molecule has 0 saturated heterocycles. The number of hydrazine groups is 2. The molecular weight excluding hydrogens is 446 g/mol. The minimum absolute atomic E-state index is 0.0318. The number of carbonyl (C=O) groups excluding carboxylic acids is 6. The van der Waals surface area contributed by atoms with Gasteiger partial charge in [0.1, 0.15) is 22.8 Å². The predicted molar refractivity (Wildman–Crippen MR) is 109 cm³/mol. The predicted octanol–water partition coefficient (Wildman–Crippen LogP) is -0.246. The lowest BCUT2D eigenvalue weighted by Gasteiger charge is -2.16. The van der Waals surface area contributed by atoms with Crippen molar-refractivity contribution in [1.29, 1.82) is 0 Å². The van der Waals surface area contributed by atoms with Gasteiger partial charge in [0.05, 0.1) is 11.1 Å². The maximum Gasteiger partial charge on any atom is 0.299 e. The topological polar surface area (TPSA) is 172 Å². The fourth-order valence-corrected chi connectivity index (χ4v) is 3.34. The van der Waals surface area contributed by atoms with E-state index in [1.165, 1.54) is 54.9 Å². The fourth-order valence-electron chi connectivity index (χ4n) is 3.34. The van der Waals surface area contributed by atoms with Crippen molar-refractivity contribution in [2.24, 2.45) is 0 Å². The van der Waals surface area contributed by atoms with Crippen LogP contribution in [-0.2, 0) is 0 Å². The van der Waals surface area contributed by atoms with Crippen molar-refractivity contribution in [3.63, 3.8) is 0 Å². The van der Waals surface area contributed by atoms with E-state index in [0.29, 0.717) is 10.0 Å². The molecule has 2 N–H and O–H groups in total. The molecule has 6 amide bonds. The van der Waals surface area contributed by atoms with E-state index in [2.05, 4.69) is 25.8 Å². The number of pyridine rings is 3. The first-order valence-corrected chi connectivity index (χ1v) is 9.63. The Morgan fingerprint density at radius 1 is 0.618 bits per heavy atom. The summed E-state index contributed by atoms with van der Waals surface area (Å²) in [5, 5.41) is 1.00. The number of fused-ring (bicyclic) bond motifs is 2. The quantitative estimate of drug-likeness (QED) is 0.501. The summed E-state index contributed by atoms with van der Waals surface area (Å²) in [5.74, 6) is -5.07. The molecule has 0 aromatic carbocycles. The summed E-state index contributed by atoms with van der Waals surface area (Å²) in [4.78, 5) is 86.3. The molecule has 13 heteroatoms. The third kappa shape index (κ3) is 3.15. The average Bonchev–Trinajstić information content (AvgIpc) is 3.25. The minimum Gasteiger partial charge on any atom is -0.267 e. The summed E-state index contributed by atoms with van der Waals surface area (Å²) < 4.78 is 0. The van der Waals surface area contributed by atoms with Gasteiger partial charge in [-0.25, -0.2) is 4.98 Å². The van der Waals surface area contributed by atoms with E-state index in [0.717, 1.165) is 0 Å². The number of carbonyl (C=O) groups is 6. The second-order valence-corrected chi connectivity index (χ2v) is 6.98. The van der Waals surface area contributed by atoms with Crippen LogP contribution in [0, 0.1) is 0 Å². The third-order valence-corrected chi connectivity index (χ3v) is 4.93. The van der Waals surface area contributed by atoms with Gasteiger partial charge < -0.3 is 0 Å². The van der Waals surface area contributed by atoms with Crippen LogP contribution < -0.4 is 10.9 Å². The number of hydrogen-bond donors (Lipinski definition) is 2. The van der Waals surface area contributed by atoms with Crippen LogP contribution in [0.2, 0.25) is 0 Å². The van der Waals surface area contributed by atoms with E-state index in [4.69, 9.17) is 0 Å². The Morgan fingerprint density at radius 2 is 1.06 bits per heavy atom. The molecule has 0 unspecified atom stereocenters. The summed E-state index contributed by atoms with van der Waals surface area (Å²) >= 11 is 0. The van der Waals surface area contributed by atoms with E-state index in [9.17, 15) is 28.8 Å². The van der Waals surface area contributed by atoms with E-state index in [1.807, 2.05) is 0 Å². The first-order valence-electron chi connectivity index (χ1n) is 9.63. The molecule has 5 heterocycles. The van der Waals surface area contributed by atoms with Crippen molar-refractivity contribution in [2.75, 3.05) is 0 Å². The summed E-state index contributed by atoms with van der Waals surface area (Å²) in [5.41, 5.74) is 3.52. The molecule has 5 rings (SSSR count). The van der Waals surface area contributed by atoms with Crippen LogP contribution in [0.15, 0.2) is 54.9 Å². The molecule has 13 nitrogen and oxygen atoms in total.